The Kier molecular flexibility index (Phi) is 4.92. The lowest BCUT2D eigenvalue weighted by Gasteiger charge is -2.14. The fourth-order valence-electron chi connectivity index (χ4n) is 1.69. The number of carbonyl (C=O) groups is 2. The maximum absolute atomic E-state index is 12.2. The second-order valence-electron chi connectivity index (χ2n) is 4.01. The molecule has 1 amide bonds. The molecule has 0 atom stereocenters. The average Bonchev–Trinajstić information content (AvgIpc) is 2.68. The number of amides is 1. The van der Waals surface area contributed by atoms with E-state index in [1.807, 2.05) is 30.3 Å². The molecular formula is C14H13NO3S2. The summed E-state index contributed by atoms with van der Waals surface area (Å²) in [5, 5.41) is 0. The fraction of sp³-hybridized carbons (Fsp3) is 0.214. The molecule has 20 heavy (non-hydrogen) atoms. The topological polar surface area (TPSA) is 46.6 Å². The molecule has 1 saturated heterocycles. The first-order valence-electron chi connectivity index (χ1n) is 6.08. The number of rotatable bonds is 4. The summed E-state index contributed by atoms with van der Waals surface area (Å²) in [5.74, 6) is -0.774. The van der Waals surface area contributed by atoms with Crippen molar-refractivity contribution >= 4 is 40.2 Å². The van der Waals surface area contributed by atoms with Gasteiger partial charge in [0, 0.05) is 6.08 Å². The number of thioether (sulfide) groups is 1. The molecule has 0 saturated carbocycles. The molecule has 0 bridgehead atoms. The summed E-state index contributed by atoms with van der Waals surface area (Å²) in [7, 11) is 0. The maximum atomic E-state index is 12.2. The van der Waals surface area contributed by atoms with E-state index in [0.29, 0.717) is 15.8 Å². The van der Waals surface area contributed by atoms with Gasteiger partial charge in [-0.05, 0) is 12.5 Å². The highest BCUT2D eigenvalue weighted by Gasteiger charge is 2.32. The molecule has 1 aliphatic heterocycles. The molecule has 104 valence electrons. The molecule has 1 heterocycles. The molecule has 1 fully saturated rings. The van der Waals surface area contributed by atoms with Crippen LogP contribution in [-0.4, -0.2) is 27.7 Å². The van der Waals surface area contributed by atoms with Crippen molar-refractivity contribution in [1.82, 2.24) is 4.90 Å². The zero-order valence-electron chi connectivity index (χ0n) is 10.9. The van der Waals surface area contributed by atoms with Crippen molar-refractivity contribution in [1.29, 1.82) is 0 Å². The molecule has 0 aromatic heterocycles. The highest BCUT2D eigenvalue weighted by Crippen LogP contribution is 2.32. The molecular weight excluding hydrogens is 294 g/mol. The fourth-order valence-corrected chi connectivity index (χ4v) is 2.91. The number of benzene rings is 1. The van der Waals surface area contributed by atoms with Gasteiger partial charge in [0.15, 0.2) is 0 Å². The van der Waals surface area contributed by atoms with Gasteiger partial charge < -0.3 is 4.74 Å². The maximum Gasteiger partial charge on any atom is 0.332 e. The smallest absolute Gasteiger partial charge is 0.332 e. The number of carbonyl (C=O) groups excluding carboxylic acids is 2. The summed E-state index contributed by atoms with van der Waals surface area (Å²) in [6.07, 6.45) is 1.20. The lowest BCUT2D eigenvalue weighted by Crippen LogP contribution is -2.27. The minimum absolute atomic E-state index is 0.253. The van der Waals surface area contributed by atoms with Crippen LogP contribution in [-0.2, 0) is 20.9 Å². The second-order valence-corrected chi connectivity index (χ2v) is 5.68. The number of thiocarbonyl (C=S) groups is 1. The number of nitrogens with zero attached hydrogens (tertiary/aromatic N) is 1. The summed E-state index contributed by atoms with van der Waals surface area (Å²) in [6, 6.07) is 9.57. The van der Waals surface area contributed by atoms with Crippen LogP contribution < -0.4 is 0 Å². The lowest BCUT2D eigenvalue weighted by atomic mass is 10.2. The molecule has 1 aromatic rings. The minimum Gasteiger partial charge on any atom is -0.463 e. The van der Waals surface area contributed by atoms with Crippen LogP contribution in [0.1, 0.15) is 12.5 Å². The van der Waals surface area contributed by atoms with Gasteiger partial charge in [-0.25, -0.2) is 4.79 Å². The van der Waals surface area contributed by atoms with E-state index in [1.165, 1.54) is 11.0 Å². The van der Waals surface area contributed by atoms with Gasteiger partial charge in [-0.2, -0.15) is 0 Å². The third-order valence-electron chi connectivity index (χ3n) is 2.59. The van der Waals surface area contributed by atoms with E-state index in [1.54, 1.807) is 6.92 Å². The molecule has 0 aliphatic carbocycles. The van der Waals surface area contributed by atoms with Crippen LogP contribution in [0.5, 0.6) is 0 Å². The van der Waals surface area contributed by atoms with Crippen molar-refractivity contribution in [2.75, 3.05) is 6.61 Å². The molecule has 1 aromatic carbocycles. The van der Waals surface area contributed by atoms with Crippen molar-refractivity contribution in [3.8, 4) is 0 Å². The SMILES string of the molecule is CCOC(=O)/C=C1\SC(=S)N(Cc2ccccc2)C1=O. The second kappa shape index (κ2) is 6.67. The molecule has 4 nitrogen and oxygen atoms in total. The minimum atomic E-state index is -0.521. The number of esters is 1. The van der Waals surface area contributed by atoms with Gasteiger partial charge in [0.05, 0.1) is 18.1 Å². The van der Waals surface area contributed by atoms with E-state index < -0.39 is 5.97 Å². The highest BCUT2D eigenvalue weighted by molar-refractivity contribution is 8.26. The standard InChI is InChI=1S/C14H13NO3S2/c1-2-18-12(16)8-11-13(17)15(14(19)20-11)9-10-6-4-3-5-7-10/h3-8H,2,9H2,1H3/b11-8-. The average molecular weight is 307 g/mol. The zero-order chi connectivity index (χ0) is 14.5. The van der Waals surface area contributed by atoms with Gasteiger partial charge in [-0.15, -0.1) is 0 Å². The van der Waals surface area contributed by atoms with Gasteiger partial charge in [-0.1, -0.05) is 54.3 Å². The first-order valence-corrected chi connectivity index (χ1v) is 7.30. The van der Waals surface area contributed by atoms with E-state index in [-0.39, 0.29) is 12.5 Å². The molecule has 0 radical (unpaired) electrons. The first-order chi connectivity index (χ1) is 9.61. The quantitative estimate of drug-likeness (QED) is 0.486. The molecule has 0 N–H and O–H groups in total. The first kappa shape index (κ1) is 14.7. The van der Waals surface area contributed by atoms with Crippen molar-refractivity contribution in [3.05, 3.63) is 46.9 Å². The van der Waals surface area contributed by atoms with Crippen LogP contribution in [0.25, 0.3) is 0 Å². The Hall–Kier alpha value is -1.66. The molecule has 0 unspecified atom stereocenters. The highest BCUT2D eigenvalue weighted by atomic mass is 32.2. The summed E-state index contributed by atoms with van der Waals surface area (Å²) >= 11 is 6.31. The van der Waals surface area contributed by atoms with Crippen molar-refractivity contribution in [2.24, 2.45) is 0 Å². The van der Waals surface area contributed by atoms with Crippen molar-refractivity contribution in [2.45, 2.75) is 13.5 Å². The van der Waals surface area contributed by atoms with Crippen LogP contribution in [0.4, 0.5) is 0 Å². The predicted molar refractivity (Wildman–Crippen MR) is 81.9 cm³/mol. The van der Waals surface area contributed by atoms with Gasteiger partial charge in [-0.3, -0.25) is 9.69 Å². The van der Waals surface area contributed by atoms with Gasteiger partial charge in [0.2, 0.25) is 0 Å². The van der Waals surface area contributed by atoms with E-state index in [0.717, 1.165) is 17.3 Å². The lowest BCUT2D eigenvalue weighted by molar-refractivity contribution is -0.137. The summed E-state index contributed by atoms with van der Waals surface area (Å²) in [4.78, 5) is 25.4. The largest absolute Gasteiger partial charge is 0.463 e. The van der Waals surface area contributed by atoms with E-state index >= 15 is 0 Å². The Morgan fingerprint density at radius 1 is 1.40 bits per heavy atom. The number of ether oxygens (including phenoxy) is 1. The van der Waals surface area contributed by atoms with Crippen molar-refractivity contribution < 1.29 is 14.3 Å². The Balaban J connectivity index is 2.11. The van der Waals surface area contributed by atoms with E-state index in [4.69, 9.17) is 17.0 Å². The summed E-state index contributed by atoms with van der Waals surface area (Å²) in [6.45, 7) is 2.40. The monoisotopic (exact) mass is 307 g/mol. The Morgan fingerprint density at radius 2 is 2.10 bits per heavy atom. The summed E-state index contributed by atoms with van der Waals surface area (Å²) in [5.41, 5.74) is 0.987. The molecule has 2 rings (SSSR count). The molecule has 1 aliphatic rings. The van der Waals surface area contributed by atoms with E-state index in [9.17, 15) is 9.59 Å². The number of hydrogen-bond donors (Lipinski definition) is 0. The van der Waals surface area contributed by atoms with Crippen LogP contribution in [0.15, 0.2) is 41.3 Å². The third-order valence-corrected chi connectivity index (χ3v) is 3.97. The van der Waals surface area contributed by atoms with Crippen molar-refractivity contribution in [3.63, 3.8) is 0 Å². The van der Waals surface area contributed by atoms with Crippen LogP contribution in [0, 0.1) is 0 Å². The van der Waals surface area contributed by atoms with Gasteiger partial charge >= 0.3 is 5.97 Å². The summed E-state index contributed by atoms with van der Waals surface area (Å²) < 4.78 is 5.25. The molecule has 0 spiro atoms. The van der Waals surface area contributed by atoms with Crippen LogP contribution >= 0.6 is 24.0 Å². The molecule has 6 heteroatoms. The Morgan fingerprint density at radius 3 is 2.75 bits per heavy atom. The number of hydrogen-bond acceptors (Lipinski definition) is 5. The van der Waals surface area contributed by atoms with Gasteiger partial charge in [0.1, 0.15) is 4.32 Å². The van der Waals surface area contributed by atoms with E-state index in [2.05, 4.69) is 0 Å². The van der Waals surface area contributed by atoms with Crippen LogP contribution in [0.3, 0.4) is 0 Å². The van der Waals surface area contributed by atoms with Gasteiger partial charge in [0.25, 0.3) is 5.91 Å². The Bertz CT molecular complexity index is 569. The third kappa shape index (κ3) is 3.46. The van der Waals surface area contributed by atoms with Crippen LogP contribution in [0.2, 0.25) is 0 Å². The predicted octanol–water partition coefficient (Wildman–Crippen LogP) is 2.49. The normalized spacial score (nSPS) is 16.9. The zero-order valence-corrected chi connectivity index (χ0v) is 12.5. The Labute approximate surface area is 126 Å².